The van der Waals surface area contributed by atoms with Crippen LogP contribution in [0.3, 0.4) is 0 Å². The zero-order valence-electron chi connectivity index (χ0n) is 12.4. The second-order valence-electron chi connectivity index (χ2n) is 4.98. The first kappa shape index (κ1) is 14.0. The van der Waals surface area contributed by atoms with E-state index < -0.39 is 0 Å². The van der Waals surface area contributed by atoms with E-state index in [0.717, 1.165) is 16.9 Å². The molecule has 0 unspecified atom stereocenters. The molecule has 1 amide bonds. The monoisotopic (exact) mass is 296 g/mol. The number of aryl methyl sites for hydroxylation is 2. The number of amides is 1. The van der Waals surface area contributed by atoms with Crippen molar-refractivity contribution in [2.45, 2.75) is 13.5 Å². The number of benzene rings is 1. The maximum Gasteiger partial charge on any atom is 0.269 e. The smallest absolute Gasteiger partial charge is 0.269 e. The largest absolute Gasteiger partial charge is 0.347 e. The Morgan fingerprint density at radius 2 is 2.05 bits per heavy atom. The summed E-state index contributed by atoms with van der Waals surface area (Å²) in [6.45, 7) is 2.32. The number of carbonyl (C=O) groups is 1. The van der Waals surface area contributed by atoms with Crippen molar-refractivity contribution in [2.75, 3.05) is 0 Å². The molecule has 7 nitrogen and oxygen atoms in total. The number of nitrogens with one attached hydrogen (secondary N) is 1. The summed E-state index contributed by atoms with van der Waals surface area (Å²) in [4.78, 5) is 16.0. The van der Waals surface area contributed by atoms with Crippen molar-refractivity contribution in [3.05, 3.63) is 59.9 Å². The van der Waals surface area contributed by atoms with Crippen LogP contribution in [0, 0.1) is 6.92 Å². The van der Waals surface area contributed by atoms with Crippen LogP contribution in [0.4, 0.5) is 0 Å². The maximum atomic E-state index is 12.1. The van der Waals surface area contributed by atoms with Crippen LogP contribution in [0.2, 0.25) is 0 Å². The Labute approximate surface area is 127 Å². The van der Waals surface area contributed by atoms with Gasteiger partial charge in [0.15, 0.2) is 0 Å². The van der Waals surface area contributed by atoms with Gasteiger partial charge in [-0.1, -0.05) is 12.1 Å². The molecule has 0 spiro atoms. The molecule has 3 aromatic rings. The summed E-state index contributed by atoms with van der Waals surface area (Å²) in [5.41, 5.74) is 3.31. The first-order chi connectivity index (χ1) is 10.6. The lowest BCUT2D eigenvalue weighted by Crippen LogP contribution is -2.25. The molecule has 0 aliphatic heterocycles. The highest BCUT2D eigenvalue weighted by molar-refractivity contribution is 5.92. The predicted molar refractivity (Wildman–Crippen MR) is 80.5 cm³/mol. The van der Waals surface area contributed by atoms with Gasteiger partial charge in [-0.05, 0) is 30.7 Å². The molecular weight excluding hydrogens is 280 g/mol. The molecule has 22 heavy (non-hydrogen) atoms. The third-order valence-corrected chi connectivity index (χ3v) is 3.31. The van der Waals surface area contributed by atoms with Gasteiger partial charge in [-0.3, -0.25) is 9.48 Å². The van der Waals surface area contributed by atoms with Crippen LogP contribution in [-0.2, 0) is 13.6 Å². The molecule has 3 rings (SSSR count). The number of hydrogen-bond donors (Lipinski definition) is 1. The Morgan fingerprint density at radius 1 is 1.27 bits per heavy atom. The van der Waals surface area contributed by atoms with E-state index in [1.54, 1.807) is 28.8 Å². The first-order valence-electron chi connectivity index (χ1n) is 6.86. The molecule has 0 aliphatic rings. The third kappa shape index (κ3) is 2.88. The summed E-state index contributed by atoms with van der Waals surface area (Å²) in [6, 6.07) is 9.54. The summed E-state index contributed by atoms with van der Waals surface area (Å²) in [5.74, 6) is -0.136. The van der Waals surface area contributed by atoms with Crippen molar-refractivity contribution >= 4 is 5.91 Å². The summed E-state index contributed by atoms with van der Waals surface area (Å²) >= 11 is 0. The molecule has 0 saturated carbocycles. The molecule has 0 fully saturated rings. The minimum atomic E-state index is -0.136. The minimum absolute atomic E-state index is 0.136. The summed E-state index contributed by atoms with van der Waals surface area (Å²) in [7, 11) is 1.76. The SMILES string of the molecule is Cc1cc(C(=O)NCc2ccc(-n3cncn3)cc2)n(C)n1. The van der Waals surface area contributed by atoms with Crippen LogP contribution in [0.15, 0.2) is 43.0 Å². The van der Waals surface area contributed by atoms with Crippen molar-refractivity contribution in [1.29, 1.82) is 0 Å². The Hall–Kier alpha value is -2.96. The van der Waals surface area contributed by atoms with E-state index in [-0.39, 0.29) is 5.91 Å². The quantitative estimate of drug-likeness (QED) is 0.785. The highest BCUT2D eigenvalue weighted by Crippen LogP contribution is 2.08. The van der Waals surface area contributed by atoms with E-state index in [1.165, 1.54) is 6.33 Å². The third-order valence-electron chi connectivity index (χ3n) is 3.31. The van der Waals surface area contributed by atoms with Crippen molar-refractivity contribution < 1.29 is 4.79 Å². The van der Waals surface area contributed by atoms with E-state index in [9.17, 15) is 4.79 Å². The Morgan fingerprint density at radius 3 is 2.64 bits per heavy atom. The molecule has 0 radical (unpaired) electrons. The molecule has 0 aliphatic carbocycles. The van der Waals surface area contributed by atoms with Crippen molar-refractivity contribution in [1.82, 2.24) is 29.9 Å². The molecule has 0 atom stereocenters. The van der Waals surface area contributed by atoms with Crippen LogP contribution >= 0.6 is 0 Å². The summed E-state index contributed by atoms with van der Waals surface area (Å²) in [6.07, 6.45) is 3.13. The summed E-state index contributed by atoms with van der Waals surface area (Å²) in [5, 5.41) is 11.1. The normalized spacial score (nSPS) is 10.6. The van der Waals surface area contributed by atoms with Gasteiger partial charge in [0.1, 0.15) is 18.3 Å². The fourth-order valence-electron chi connectivity index (χ4n) is 2.20. The molecule has 7 heteroatoms. The van der Waals surface area contributed by atoms with Crippen LogP contribution in [0.25, 0.3) is 5.69 Å². The van der Waals surface area contributed by atoms with Crippen LogP contribution in [0.5, 0.6) is 0 Å². The lowest BCUT2D eigenvalue weighted by atomic mass is 10.2. The predicted octanol–water partition coefficient (Wildman–Crippen LogP) is 1.24. The van der Waals surface area contributed by atoms with Crippen LogP contribution in [0.1, 0.15) is 21.7 Å². The van der Waals surface area contributed by atoms with E-state index in [0.29, 0.717) is 12.2 Å². The van der Waals surface area contributed by atoms with Crippen molar-refractivity contribution in [2.24, 2.45) is 7.05 Å². The maximum absolute atomic E-state index is 12.1. The molecule has 2 heterocycles. The highest BCUT2D eigenvalue weighted by atomic mass is 16.2. The highest BCUT2D eigenvalue weighted by Gasteiger charge is 2.11. The second kappa shape index (κ2) is 5.80. The van der Waals surface area contributed by atoms with Crippen LogP contribution in [-0.4, -0.2) is 30.5 Å². The first-order valence-corrected chi connectivity index (χ1v) is 6.86. The number of aromatic nitrogens is 5. The molecule has 0 bridgehead atoms. The fraction of sp³-hybridized carbons (Fsp3) is 0.200. The van der Waals surface area contributed by atoms with Gasteiger partial charge in [0.2, 0.25) is 0 Å². The number of rotatable bonds is 4. The topological polar surface area (TPSA) is 77.6 Å². The number of hydrogen-bond acceptors (Lipinski definition) is 4. The standard InChI is InChI=1S/C15H16N6O/c1-11-7-14(20(2)19-11)15(22)17-8-12-3-5-13(6-4-12)21-10-16-9-18-21/h3-7,9-10H,8H2,1-2H3,(H,17,22). The van der Waals surface area contributed by atoms with E-state index in [2.05, 4.69) is 20.5 Å². The average Bonchev–Trinajstić information content (AvgIpc) is 3.15. The Kier molecular flexibility index (Phi) is 3.69. The average molecular weight is 296 g/mol. The number of carbonyl (C=O) groups excluding carboxylic acids is 1. The van der Waals surface area contributed by atoms with E-state index in [4.69, 9.17) is 0 Å². The zero-order chi connectivity index (χ0) is 15.5. The molecular formula is C15H16N6O. The van der Waals surface area contributed by atoms with E-state index in [1.807, 2.05) is 31.2 Å². The molecule has 2 aromatic heterocycles. The van der Waals surface area contributed by atoms with Gasteiger partial charge in [-0.15, -0.1) is 0 Å². The van der Waals surface area contributed by atoms with Crippen molar-refractivity contribution in [3.8, 4) is 5.69 Å². The fourth-order valence-corrected chi connectivity index (χ4v) is 2.20. The van der Waals surface area contributed by atoms with E-state index >= 15 is 0 Å². The Bertz CT molecular complexity index is 773. The van der Waals surface area contributed by atoms with Gasteiger partial charge >= 0.3 is 0 Å². The summed E-state index contributed by atoms with van der Waals surface area (Å²) < 4.78 is 3.26. The van der Waals surface area contributed by atoms with Crippen molar-refractivity contribution in [3.63, 3.8) is 0 Å². The molecule has 1 aromatic carbocycles. The minimum Gasteiger partial charge on any atom is -0.347 e. The van der Waals surface area contributed by atoms with Gasteiger partial charge in [-0.25, -0.2) is 9.67 Å². The van der Waals surface area contributed by atoms with Gasteiger partial charge in [0.05, 0.1) is 11.4 Å². The molecule has 112 valence electrons. The zero-order valence-corrected chi connectivity index (χ0v) is 12.4. The van der Waals surface area contributed by atoms with Gasteiger partial charge < -0.3 is 5.32 Å². The number of nitrogens with zero attached hydrogens (tertiary/aromatic N) is 5. The lowest BCUT2D eigenvalue weighted by molar-refractivity contribution is 0.0941. The lowest BCUT2D eigenvalue weighted by Gasteiger charge is -2.06. The molecule has 0 saturated heterocycles. The Balaban J connectivity index is 1.64. The second-order valence-corrected chi connectivity index (χ2v) is 4.98. The van der Waals surface area contributed by atoms with Gasteiger partial charge in [0, 0.05) is 13.6 Å². The van der Waals surface area contributed by atoms with Gasteiger partial charge in [-0.2, -0.15) is 10.2 Å². The van der Waals surface area contributed by atoms with Crippen LogP contribution < -0.4 is 5.32 Å². The van der Waals surface area contributed by atoms with Gasteiger partial charge in [0.25, 0.3) is 5.91 Å². The molecule has 1 N–H and O–H groups in total.